The number of nitrogens with one attached hydrogen (secondary N) is 1. The van der Waals surface area contributed by atoms with Gasteiger partial charge in [0.1, 0.15) is 11.9 Å². The molecule has 0 saturated carbocycles. The number of nitrogens with zero attached hydrogens (tertiary/aromatic N) is 4. The Kier molecular flexibility index (Phi) is 5.27. The highest BCUT2D eigenvalue weighted by atomic mass is 16.5. The molecular weight excluding hydrogens is 254 g/mol. The summed E-state index contributed by atoms with van der Waals surface area (Å²) in [5.74, 6) is 0.715. The van der Waals surface area contributed by atoms with Gasteiger partial charge in [0, 0.05) is 26.2 Å². The Hall–Kier alpha value is -1.71. The molecule has 2 unspecified atom stereocenters. The van der Waals surface area contributed by atoms with E-state index in [1.807, 2.05) is 6.07 Å². The molecule has 1 aliphatic heterocycles. The average molecular weight is 275 g/mol. The van der Waals surface area contributed by atoms with Gasteiger partial charge in [-0.25, -0.2) is 9.97 Å². The van der Waals surface area contributed by atoms with Gasteiger partial charge < -0.3 is 10.1 Å². The van der Waals surface area contributed by atoms with Gasteiger partial charge in [0.05, 0.1) is 24.6 Å². The van der Waals surface area contributed by atoms with E-state index >= 15 is 0 Å². The van der Waals surface area contributed by atoms with Crippen molar-refractivity contribution >= 4 is 5.82 Å². The SMILES string of the molecule is CC1CN(CCCNc2cnc(C#N)cn2)CC(C)O1. The molecule has 2 rings (SSSR count). The van der Waals surface area contributed by atoms with Crippen LogP contribution in [0.2, 0.25) is 0 Å². The molecule has 0 bridgehead atoms. The van der Waals surface area contributed by atoms with Gasteiger partial charge in [0.25, 0.3) is 0 Å². The Morgan fingerprint density at radius 1 is 1.35 bits per heavy atom. The molecule has 1 N–H and O–H groups in total. The molecular formula is C14H21N5O. The number of ether oxygens (including phenoxy) is 1. The summed E-state index contributed by atoms with van der Waals surface area (Å²) >= 11 is 0. The second-order valence-electron chi connectivity index (χ2n) is 5.20. The Morgan fingerprint density at radius 2 is 2.10 bits per heavy atom. The number of nitriles is 1. The minimum atomic E-state index is 0.316. The highest BCUT2D eigenvalue weighted by molar-refractivity contribution is 5.32. The monoisotopic (exact) mass is 275 g/mol. The van der Waals surface area contributed by atoms with E-state index in [9.17, 15) is 0 Å². The summed E-state index contributed by atoms with van der Waals surface area (Å²) < 4.78 is 5.71. The van der Waals surface area contributed by atoms with E-state index in [1.165, 1.54) is 6.20 Å². The molecule has 2 atom stereocenters. The van der Waals surface area contributed by atoms with E-state index < -0.39 is 0 Å². The molecule has 1 aromatic heterocycles. The van der Waals surface area contributed by atoms with Crippen LogP contribution in [0.5, 0.6) is 0 Å². The smallest absolute Gasteiger partial charge is 0.158 e. The van der Waals surface area contributed by atoms with E-state index in [0.29, 0.717) is 23.7 Å². The first kappa shape index (κ1) is 14.7. The van der Waals surface area contributed by atoms with Crippen LogP contribution in [-0.4, -0.2) is 53.3 Å². The maximum atomic E-state index is 8.64. The summed E-state index contributed by atoms with van der Waals surface area (Å²) in [6.07, 6.45) is 4.75. The van der Waals surface area contributed by atoms with E-state index in [1.54, 1.807) is 6.20 Å². The van der Waals surface area contributed by atoms with Gasteiger partial charge in [-0.3, -0.25) is 4.90 Å². The maximum absolute atomic E-state index is 8.64. The van der Waals surface area contributed by atoms with Gasteiger partial charge in [-0.05, 0) is 20.3 Å². The van der Waals surface area contributed by atoms with Crippen LogP contribution >= 0.6 is 0 Å². The molecule has 0 aliphatic carbocycles. The quantitative estimate of drug-likeness (QED) is 0.815. The van der Waals surface area contributed by atoms with Crippen LogP contribution in [0.15, 0.2) is 12.4 Å². The minimum absolute atomic E-state index is 0.316. The van der Waals surface area contributed by atoms with Crippen LogP contribution in [-0.2, 0) is 4.74 Å². The fraction of sp³-hybridized carbons (Fsp3) is 0.643. The largest absolute Gasteiger partial charge is 0.373 e. The van der Waals surface area contributed by atoms with E-state index in [-0.39, 0.29) is 0 Å². The third kappa shape index (κ3) is 4.44. The van der Waals surface area contributed by atoms with Crippen LogP contribution in [0.4, 0.5) is 5.82 Å². The van der Waals surface area contributed by atoms with Gasteiger partial charge in [-0.15, -0.1) is 0 Å². The molecule has 6 nitrogen and oxygen atoms in total. The molecule has 1 aromatic rings. The van der Waals surface area contributed by atoms with Crippen LogP contribution < -0.4 is 5.32 Å². The summed E-state index contributed by atoms with van der Waals surface area (Å²) in [5, 5.41) is 11.9. The Labute approximate surface area is 119 Å². The molecule has 108 valence electrons. The minimum Gasteiger partial charge on any atom is -0.373 e. The summed E-state index contributed by atoms with van der Waals surface area (Å²) in [5.41, 5.74) is 0.340. The Bertz CT molecular complexity index is 446. The number of morpholine rings is 1. The van der Waals surface area contributed by atoms with Gasteiger partial charge >= 0.3 is 0 Å². The molecule has 0 radical (unpaired) electrons. The molecule has 1 fully saturated rings. The number of rotatable bonds is 5. The lowest BCUT2D eigenvalue weighted by molar-refractivity contribution is -0.0678. The molecule has 1 saturated heterocycles. The molecule has 1 aliphatic rings. The van der Waals surface area contributed by atoms with Crippen molar-refractivity contribution in [2.24, 2.45) is 0 Å². The van der Waals surface area contributed by atoms with Crippen molar-refractivity contribution in [3.05, 3.63) is 18.1 Å². The Morgan fingerprint density at radius 3 is 2.70 bits per heavy atom. The lowest BCUT2D eigenvalue weighted by Crippen LogP contribution is -2.45. The number of hydrogen-bond acceptors (Lipinski definition) is 6. The van der Waals surface area contributed by atoms with Gasteiger partial charge in [0.15, 0.2) is 5.69 Å². The zero-order valence-corrected chi connectivity index (χ0v) is 12.0. The van der Waals surface area contributed by atoms with E-state index in [2.05, 4.69) is 34.0 Å². The third-order valence-electron chi connectivity index (χ3n) is 3.22. The zero-order valence-electron chi connectivity index (χ0n) is 12.0. The molecule has 6 heteroatoms. The van der Waals surface area contributed by atoms with E-state index in [0.717, 1.165) is 32.6 Å². The molecule has 2 heterocycles. The van der Waals surface area contributed by atoms with Gasteiger partial charge in [-0.1, -0.05) is 0 Å². The summed E-state index contributed by atoms with van der Waals surface area (Å²) in [6, 6.07) is 1.95. The topological polar surface area (TPSA) is 74.1 Å². The van der Waals surface area contributed by atoms with Crippen LogP contribution in [0.25, 0.3) is 0 Å². The van der Waals surface area contributed by atoms with Crippen LogP contribution in [0.3, 0.4) is 0 Å². The van der Waals surface area contributed by atoms with Gasteiger partial charge in [0.2, 0.25) is 0 Å². The van der Waals surface area contributed by atoms with Gasteiger partial charge in [-0.2, -0.15) is 5.26 Å². The fourth-order valence-corrected chi connectivity index (χ4v) is 2.46. The number of anilines is 1. The molecule has 20 heavy (non-hydrogen) atoms. The third-order valence-corrected chi connectivity index (χ3v) is 3.22. The van der Waals surface area contributed by atoms with Crippen molar-refractivity contribution in [2.45, 2.75) is 32.5 Å². The van der Waals surface area contributed by atoms with E-state index in [4.69, 9.17) is 10.00 Å². The normalized spacial score (nSPS) is 23.2. The van der Waals surface area contributed by atoms with Crippen molar-refractivity contribution in [1.29, 1.82) is 5.26 Å². The molecule has 0 aromatic carbocycles. The lowest BCUT2D eigenvalue weighted by atomic mass is 10.2. The van der Waals surface area contributed by atoms with Crippen molar-refractivity contribution in [2.75, 3.05) is 31.5 Å². The average Bonchev–Trinajstić information content (AvgIpc) is 2.43. The summed E-state index contributed by atoms with van der Waals surface area (Å²) in [7, 11) is 0. The standard InChI is InChI=1S/C14H21N5O/c1-11-9-19(10-12(2)20-11)5-3-4-16-14-8-17-13(6-15)7-18-14/h7-8,11-12H,3-5,9-10H2,1-2H3,(H,16,18). The summed E-state index contributed by atoms with van der Waals surface area (Å²) in [6.45, 7) is 8.14. The molecule has 0 amide bonds. The van der Waals surface area contributed by atoms with Crippen molar-refractivity contribution in [1.82, 2.24) is 14.9 Å². The summed E-state index contributed by atoms with van der Waals surface area (Å²) in [4.78, 5) is 10.5. The van der Waals surface area contributed by atoms with Crippen LogP contribution in [0, 0.1) is 11.3 Å². The Balaban J connectivity index is 1.67. The first-order chi connectivity index (χ1) is 9.67. The highest BCUT2D eigenvalue weighted by Crippen LogP contribution is 2.10. The highest BCUT2D eigenvalue weighted by Gasteiger charge is 2.21. The first-order valence-electron chi connectivity index (χ1n) is 7.01. The van der Waals surface area contributed by atoms with Crippen molar-refractivity contribution in [3.8, 4) is 6.07 Å². The predicted octanol–water partition coefficient (Wildman–Crippen LogP) is 1.26. The number of hydrogen-bond donors (Lipinski definition) is 1. The second kappa shape index (κ2) is 7.17. The maximum Gasteiger partial charge on any atom is 0.158 e. The second-order valence-corrected chi connectivity index (χ2v) is 5.20. The fourth-order valence-electron chi connectivity index (χ4n) is 2.46. The zero-order chi connectivity index (χ0) is 14.4. The predicted molar refractivity (Wildman–Crippen MR) is 76.3 cm³/mol. The van der Waals surface area contributed by atoms with Crippen molar-refractivity contribution in [3.63, 3.8) is 0 Å². The lowest BCUT2D eigenvalue weighted by Gasteiger charge is -2.35. The number of aromatic nitrogens is 2. The first-order valence-corrected chi connectivity index (χ1v) is 7.01. The molecule has 0 spiro atoms. The van der Waals surface area contributed by atoms with Crippen LogP contribution in [0.1, 0.15) is 26.0 Å². The van der Waals surface area contributed by atoms with Crippen molar-refractivity contribution < 1.29 is 4.74 Å².